The van der Waals surface area contributed by atoms with Crippen molar-refractivity contribution in [3.63, 3.8) is 0 Å². The zero-order valence-electron chi connectivity index (χ0n) is 14.9. The van der Waals surface area contributed by atoms with Crippen LogP contribution in [0.25, 0.3) is 0 Å². The Bertz CT molecular complexity index is 659. The minimum Gasteiger partial charge on any atom is -0.343 e. The first-order chi connectivity index (χ1) is 12.2. The predicted molar refractivity (Wildman–Crippen MR) is 100 cm³/mol. The van der Waals surface area contributed by atoms with Gasteiger partial charge in [-0.05, 0) is 36.5 Å². The molecule has 3 rings (SSSR count). The molecule has 4 heteroatoms. The second-order valence-corrected chi connectivity index (χ2v) is 6.84. The van der Waals surface area contributed by atoms with Crippen LogP contribution >= 0.6 is 0 Å². The van der Waals surface area contributed by atoms with E-state index in [2.05, 4.69) is 46.7 Å². The minimum absolute atomic E-state index is 0.185. The molecule has 1 N–H and O–H groups in total. The number of carbonyl (C=O) groups excluding carboxylic acids is 1. The monoisotopic (exact) mass is 337 g/mol. The first kappa shape index (κ1) is 17.6. The SMILES string of the molecule is CC(=O)N1CC[C@H](NCCc2ccccn2)[C@H](Cc2ccccc2)C1. The van der Waals surface area contributed by atoms with E-state index in [0.29, 0.717) is 12.0 Å². The highest BCUT2D eigenvalue weighted by atomic mass is 16.2. The molecule has 1 fully saturated rings. The molecule has 1 aromatic carbocycles. The number of amides is 1. The van der Waals surface area contributed by atoms with Crippen molar-refractivity contribution in [1.82, 2.24) is 15.2 Å². The Kier molecular flexibility index (Phi) is 6.18. The van der Waals surface area contributed by atoms with Crippen molar-refractivity contribution in [2.45, 2.75) is 32.2 Å². The molecule has 1 aliphatic heterocycles. The average Bonchev–Trinajstić information content (AvgIpc) is 2.64. The van der Waals surface area contributed by atoms with Crippen molar-refractivity contribution >= 4 is 5.91 Å². The third kappa shape index (κ3) is 5.13. The van der Waals surface area contributed by atoms with Crippen molar-refractivity contribution < 1.29 is 4.79 Å². The van der Waals surface area contributed by atoms with Crippen molar-refractivity contribution in [2.24, 2.45) is 5.92 Å². The first-order valence-corrected chi connectivity index (χ1v) is 9.15. The van der Waals surface area contributed by atoms with Crippen molar-refractivity contribution in [1.29, 1.82) is 0 Å². The molecule has 25 heavy (non-hydrogen) atoms. The topological polar surface area (TPSA) is 45.2 Å². The number of rotatable bonds is 6. The van der Waals surface area contributed by atoms with Gasteiger partial charge in [0, 0.05) is 50.9 Å². The van der Waals surface area contributed by atoms with E-state index in [9.17, 15) is 4.79 Å². The van der Waals surface area contributed by atoms with Gasteiger partial charge in [0.2, 0.25) is 5.91 Å². The van der Waals surface area contributed by atoms with Gasteiger partial charge < -0.3 is 10.2 Å². The molecule has 2 aromatic rings. The van der Waals surface area contributed by atoms with Crippen LogP contribution in [0.1, 0.15) is 24.6 Å². The molecule has 0 aliphatic carbocycles. The molecule has 0 spiro atoms. The zero-order valence-corrected chi connectivity index (χ0v) is 14.9. The first-order valence-electron chi connectivity index (χ1n) is 9.15. The molecule has 4 nitrogen and oxygen atoms in total. The van der Waals surface area contributed by atoms with Crippen molar-refractivity contribution in [2.75, 3.05) is 19.6 Å². The summed E-state index contributed by atoms with van der Waals surface area (Å²) in [6.07, 6.45) is 4.80. The van der Waals surface area contributed by atoms with Gasteiger partial charge in [0.05, 0.1) is 0 Å². The lowest BCUT2D eigenvalue weighted by Gasteiger charge is -2.39. The Morgan fingerprint density at radius 2 is 2.00 bits per heavy atom. The number of benzene rings is 1. The Balaban J connectivity index is 1.60. The van der Waals surface area contributed by atoms with Gasteiger partial charge in [-0.1, -0.05) is 36.4 Å². The molecule has 132 valence electrons. The summed E-state index contributed by atoms with van der Waals surface area (Å²) in [5, 5.41) is 3.72. The fourth-order valence-electron chi connectivity index (χ4n) is 3.64. The number of aromatic nitrogens is 1. The second-order valence-electron chi connectivity index (χ2n) is 6.84. The van der Waals surface area contributed by atoms with E-state index in [0.717, 1.165) is 44.6 Å². The molecule has 2 heterocycles. The number of hydrogen-bond acceptors (Lipinski definition) is 3. The van der Waals surface area contributed by atoms with E-state index in [1.54, 1.807) is 6.92 Å². The minimum atomic E-state index is 0.185. The smallest absolute Gasteiger partial charge is 0.219 e. The van der Waals surface area contributed by atoms with E-state index in [1.165, 1.54) is 5.56 Å². The summed E-state index contributed by atoms with van der Waals surface area (Å²) < 4.78 is 0. The largest absolute Gasteiger partial charge is 0.343 e. The maximum atomic E-state index is 11.8. The van der Waals surface area contributed by atoms with E-state index >= 15 is 0 Å². The van der Waals surface area contributed by atoms with Gasteiger partial charge in [0.1, 0.15) is 0 Å². The summed E-state index contributed by atoms with van der Waals surface area (Å²) in [5.74, 6) is 0.633. The predicted octanol–water partition coefficient (Wildman–Crippen LogP) is 2.69. The lowest BCUT2D eigenvalue weighted by Crippen LogP contribution is -2.51. The summed E-state index contributed by atoms with van der Waals surface area (Å²) in [7, 11) is 0. The Morgan fingerprint density at radius 3 is 2.72 bits per heavy atom. The van der Waals surface area contributed by atoms with Gasteiger partial charge in [-0.2, -0.15) is 0 Å². The van der Waals surface area contributed by atoms with Crippen molar-refractivity contribution in [3.05, 3.63) is 66.0 Å². The van der Waals surface area contributed by atoms with Crippen LogP contribution in [0.15, 0.2) is 54.7 Å². The summed E-state index contributed by atoms with van der Waals surface area (Å²) in [6, 6.07) is 17.1. The summed E-state index contributed by atoms with van der Waals surface area (Å²) in [6.45, 7) is 4.29. The maximum absolute atomic E-state index is 11.8. The molecule has 0 radical (unpaired) electrons. The summed E-state index contributed by atoms with van der Waals surface area (Å²) >= 11 is 0. The summed E-state index contributed by atoms with van der Waals surface area (Å²) in [5.41, 5.74) is 2.46. The zero-order chi connectivity index (χ0) is 17.5. The maximum Gasteiger partial charge on any atom is 0.219 e. The molecule has 0 unspecified atom stereocenters. The Labute approximate surface area is 150 Å². The highest BCUT2D eigenvalue weighted by Gasteiger charge is 2.30. The van der Waals surface area contributed by atoms with E-state index in [4.69, 9.17) is 0 Å². The van der Waals surface area contributed by atoms with E-state index in [-0.39, 0.29) is 5.91 Å². The van der Waals surface area contributed by atoms with Gasteiger partial charge in [0.15, 0.2) is 0 Å². The fourth-order valence-corrected chi connectivity index (χ4v) is 3.64. The number of piperidine rings is 1. The highest BCUT2D eigenvalue weighted by molar-refractivity contribution is 5.73. The number of nitrogens with one attached hydrogen (secondary N) is 1. The second kappa shape index (κ2) is 8.77. The average molecular weight is 337 g/mol. The van der Waals surface area contributed by atoms with Crippen LogP contribution in [0.3, 0.4) is 0 Å². The molecule has 1 aliphatic rings. The Morgan fingerprint density at radius 1 is 1.20 bits per heavy atom. The van der Waals surface area contributed by atoms with Crippen LogP contribution in [0.5, 0.6) is 0 Å². The molecule has 0 saturated carbocycles. The van der Waals surface area contributed by atoms with Gasteiger partial charge in [-0.15, -0.1) is 0 Å². The van der Waals surface area contributed by atoms with E-state index < -0.39 is 0 Å². The number of likely N-dealkylation sites (tertiary alicyclic amines) is 1. The normalized spacial score (nSPS) is 20.4. The van der Waals surface area contributed by atoms with Crippen LogP contribution in [-0.2, 0) is 17.6 Å². The van der Waals surface area contributed by atoms with Crippen LogP contribution < -0.4 is 5.32 Å². The van der Waals surface area contributed by atoms with E-state index in [1.807, 2.05) is 23.2 Å². The van der Waals surface area contributed by atoms with Crippen LogP contribution in [0.2, 0.25) is 0 Å². The molecular formula is C21H27N3O. The van der Waals surface area contributed by atoms with Crippen LogP contribution in [0, 0.1) is 5.92 Å². The lowest BCUT2D eigenvalue weighted by molar-refractivity contribution is -0.131. The molecule has 2 atom stereocenters. The number of nitrogens with zero attached hydrogens (tertiary/aromatic N) is 2. The van der Waals surface area contributed by atoms with Gasteiger partial charge in [-0.25, -0.2) is 0 Å². The van der Waals surface area contributed by atoms with Gasteiger partial charge in [-0.3, -0.25) is 9.78 Å². The van der Waals surface area contributed by atoms with Crippen LogP contribution in [0.4, 0.5) is 0 Å². The quantitative estimate of drug-likeness (QED) is 0.881. The fraction of sp³-hybridized carbons (Fsp3) is 0.429. The van der Waals surface area contributed by atoms with Crippen molar-refractivity contribution in [3.8, 4) is 0 Å². The van der Waals surface area contributed by atoms with Crippen LogP contribution in [-0.4, -0.2) is 41.5 Å². The molecule has 1 amide bonds. The molecule has 1 saturated heterocycles. The third-order valence-corrected chi connectivity index (χ3v) is 5.03. The lowest BCUT2D eigenvalue weighted by atomic mass is 9.86. The number of hydrogen-bond donors (Lipinski definition) is 1. The molecule has 1 aromatic heterocycles. The molecule has 0 bridgehead atoms. The third-order valence-electron chi connectivity index (χ3n) is 5.03. The highest BCUT2D eigenvalue weighted by Crippen LogP contribution is 2.22. The van der Waals surface area contributed by atoms with Gasteiger partial charge in [0.25, 0.3) is 0 Å². The molecular weight excluding hydrogens is 310 g/mol. The summed E-state index contributed by atoms with van der Waals surface area (Å²) in [4.78, 5) is 18.2. The number of pyridine rings is 1. The number of carbonyl (C=O) groups is 1. The standard InChI is InChI=1S/C21H27N3O/c1-17(25)24-14-11-21(23-13-10-20-9-5-6-12-22-20)19(16-24)15-18-7-3-2-4-8-18/h2-9,12,19,21,23H,10-11,13-16H2,1H3/t19-,21+/m1/s1. The Hall–Kier alpha value is -2.20. The van der Waals surface area contributed by atoms with Gasteiger partial charge >= 0.3 is 0 Å².